The normalized spacial score (nSPS) is 12.7. The molecular weight excluding hydrogens is 276 g/mol. The summed E-state index contributed by atoms with van der Waals surface area (Å²) < 4.78 is 1.72. The van der Waals surface area contributed by atoms with Crippen LogP contribution in [0.3, 0.4) is 0 Å². The number of rotatable bonds is 9. The molecule has 1 rings (SSSR count). The number of hydrogen-bond acceptors (Lipinski definition) is 6. The predicted octanol–water partition coefficient (Wildman–Crippen LogP) is 0.535. The van der Waals surface area contributed by atoms with Gasteiger partial charge in [0.25, 0.3) is 0 Å². The third kappa shape index (κ3) is 5.87. The highest BCUT2D eigenvalue weighted by atomic mass is 32.2. The Balaban J connectivity index is 2.46. The van der Waals surface area contributed by atoms with Gasteiger partial charge < -0.3 is 10.6 Å². The summed E-state index contributed by atoms with van der Waals surface area (Å²) in [5.74, 6) is 0.464. The van der Waals surface area contributed by atoms with Gasteiger partial charge in [0, 0.05) is 13.1 Å². The van der Waals surface area contributed by atoms with Crippen molar-refractivity contribution in [2.75, 3.05) is 19.6 Å². The molecule has 0 spiro atoms. The lowest BCUT2D eigenvalue weighted by atomic mass is 10.2. The highest BCUT2D eigenvalue weighted by Crippen LogP contribution is 2.19. The summed E-state index contributed by atoms with van der Waals surface area (Å²) in [5.41, 5.74) is 0. The first-order valence-corrected chi connectivity index (χ1v) is 7.83. The number of likely N-dealkylation sites (N-methyl/N-ethyl adjacent to an activating group) is 1. The molecule has 0 aromatic carbocycles. The molecule has 114 valence electrons. The SMILES string of the molecule is CCNCCn1nnnc1SC(C)C(=O)NCC(C)C. The van der Waals surface area contributed by atoms with Gasteiger partial charge in [-0.15, -0.1) is 5.10 Å². The number of thioether (sulfide) groups is 1. The number of hydrogen-bond donors (Lipinski definition) is 2. The van der Waals surface area contributed by atoms with E-state index in [1.54, 1.807) is 4.68 Å². The second kappa shape index (κ2) is 8.91. The van der Waals surface area contributed by atoms with Crippen LogP contribution in [0.15, 0.2) is 5.16 Å². The minimum atomic E-state index is -0.211. The van der Waals surface area contributed by atoms with Gasteiger partial charge in [0.1, 0.15) is 0 Å². The van der Waals surface area contributed by atoms with Crippen LogP contribution in [0.25, 0.3) is 0 Å². The molecule has 0 saturated carbocycles. The number of carbonyl (C=O) groups is 1. The fourth-order valence-electron chi connectivity index (χ4n) is 1.44. The van der Waals surface area contributed by atoms with Crippen molar-refractivity contribution in [1.29, 1.82) is 0 Å². The van der Waals surface area contributed by atoms with Crippen LogP contribution in [0.5, 0.6) is 0 Å². The Hall–Kier alpha value is -1.15. The highest BCUT2D eigenvalue weighted by molar-refractivity contribution is 8.00. The smallest absolute Gasteiger partial charge is 0.233 e. The molecular formula is C12H24N6OS. The number of nitrogens with zero attached hydrogens (tertiary/aromatic N) is 4. The molecule has 1 unspecified atom stereocenters. The van der Waals surface area contributed by atoms with Gasteiger partial charge in [-0.1, -0.05) is 32.5 Å². The van der Waals surface area contributed by atoms with Gasteiger partial charge >= 0.3 is 0 Å². The van der Waals surface area contributed by atoms with Crippen molar-refractivity contribution in [2.24, 2.45) is 5.92 Å². The summed E-state index contributed by atoms with van der Waals surface area (Å²) in [6, 6.07) is 0. The van der Waals surface area contributed by atoms with Crippen molar-refractivity contribution in [3.63, 3.8) is 0 Å². The molecule has 20 heavy (non-hydrogen) atoms. The van der Waals surface area contributed by atoms with E-state index in [-0.39, 0.29) is 11.2 Å². The van der Waals surface area contributed by atoms with Crippen LogP contribution in [0.2, 0.25) is 0 Å². The number of nitrogens with one attached hydrogen (secondary N) is 2. The zero-order valence-electron chi connectivity index (χ0n) is 12.6. The Labute approximate surface area is 124 Å². The number of carbonyl (C=O) groups excluding carboxylic acids is 1. The average Bonchev–Trinajstić information content (AvgIpc) is 2.83. The molecule has 2 N–H and O–H groups in total. The van der Waals surface area contributed by atoms with Gasteiger partial charge in [-0.3, -0.25) is 4.79 Å². The Kier molecular flexibility index (Phi) is 7.53. The maximum atomic E-state index is 11.9. The Morgan fingerprint density at radius 3 is 2.80 bits per heavy atom. The lowest BCUT2D eigenvalue weighted by Crippen LogP contribution is -2.33. The molecule has 1 atom stereocenters. The quantitative estimate of drug-likeness (QED) is 0.511. The van der Waals surface area contributed by atoms with E-state index < -0.39 is 0 Å². The Bertz CT molecular complexity index is 408. The van der Waals surface area contributed by atoms with E-state index in [0.717, 1.165) is 13.1 Å². The molecule has 0 radical (unpaired) electrons. The van der Waals surface area contributed by atoms with Crippen molar-refractivity contribution < 1.29 is 4.79 Å². The Morgan fingerprint density at radius 2 is 2.15 bits per heavy atom. The minimum absolute atomic E-state index is 0.0185. The van der Waals surface area contributed by atoms with E-state index in [1.165, 1.54) is 11.8 Å². The van der Waals surface area contributed by atoms with Crippen LogP contribution >= 0.6 is 11.8 Å². The standard InChI is InChI=1S/C12H24N6OS/c1-5-13-6-7-18-12(15-16-17-18)20-10(4)11(19)14-8-9(2)3/h9-10,13H,5-8H2,1-4H3,(H,14,19). The van der Waals surface area contributed by atoms with Crippen LogP contribution < -0.4 is 10.6 Å². The number of aromatic nitrogens is 4. The average molecular weight is 300 g/mol. The van der Waals surface area contributed by atoms with Crippen LogP contribution in [0.1, 0.15) is 27.7 Å². The van der Waals surface area contributed by atoms with Crippen LogP contribution in [0, 0.1) is 5.92 Å². The van der Waals surface area contributed by atoms with Gasteiger partial charge in [-0.05, 0) is 29.8 Å². The summed E-state index contributed by atoms with van der Waals surface area (Å²) in [6.45, 7) is 11.2. The van der Waals surface area contributed by atoms with Gasteiger partial charge in [-0.25, -0.2) is 4.68 Å². The summed E-state index contributed by atoms with van der Waals surface area (Å²) in [7, 11) is 0. The van der Waals surface area contributed by atoms with Crippen molar-refractivity contribution in [2.45, 2.75) is 44.6 Å². The second-order valence-electron chi connectivity index (χ2n) is 4.94. The lowest BCUT2D eigenvalue weighted by molar-refractivity contribution is -0.120. The molecule has 1 heterocycles. The molecule has 1 amide bonds. The van der Waals surface area contributed by atoms with E-state index in [4.69, 9.17) is 0 Å². The molecule has 7 nitrogen and oxygen atoms in total. The Morgan fingerprint density at radius 1 is 1.40 bits per heavy atom. The highest BCUT2D eigenvalue weighted by Gasteiger charge is 2.18. The first-order chi connectivity index (χ1) is 9.54. The first kappa shape index (κ1) is 16.9. The van der Waals surface area contributed by atoms with Gasteiger partial charge in [-0.2, -0.15) is 0 Å². The molecule has 1 aromatic rings. The summed E-state index contributed by atoms with van der Waals surface area (Å²) in [6.07, 6.45) is 0. The van der Waals surface area contributed by atoms with E-state index in [1.807, 2.05) is 6.92 Å². The van der Waals surface area contributed by atoms with Gasteiger partial charge in [0.2, 0.25) is 11.1 Å². The van der Waals surface area contributed by atoms with E-state index in [2.05, 4.69) is 46.9 Å². The molecule has 0 aliphatic rings. The molecule has 0 fully saturated rings. The van der Waals surface area contributed by atoms with E-state index in [9.17, 15) is 4.79 Å². The van der Waals surface area contributed by atoms with Crippen molar-refractivity contribution >= 4 is 17.7 Å². The van der Waals surface area contributed by atoms with Crippen molar-refractivity contribution in [1.82, 2.24) is 30.8 Å². The third-order valence-corrected chi connectivity index (χ3v) is 3.66. The maximum Gasteiger partial charge on any atom is 0.233 e. The molecule has 0 aliphatic carbocycles. The van der Waals surface area contributed by atoms with Crippen molar-refractivity contribution in [3.8, 4) is 0 Å². The first-order valence-electron chi connectivity index (χ1n) is 6.95. The van der Waals surface area contributed by atoms with E-state index >= 15 is 0 Å². The van der Waals surface area contributed by atoms with Crippen LogP contribution in [-0.2, 0) is 11.3 Å². The second-order valence-corrected chi connectivity index (χ2v) is 6.25. The third-order valence-electron chi connectivity index (χ3n) is 2.59. The number of amides is 1. The fourth-order valence-corrected chi connectivity index (χ4v) is 2.28. The lowest BCUT2D eigenvalue weighted by Gasteiger charge is -2.13. The topological polar surface area (TPSA) is 84.7 Å². The van der Waals surface area contributed by atoms with Crippen LogP contribution in [0.4, 0.5) is 0 Å². The molecule has 0 bridgehead atoms. The molecule has 1 aromatic heterocycles. The van der Waals surface area contributed by atoms with Crippen molar-refractivity contribution in [3.05, 3.63) is 0 Å². The molecule has 0 aliphatic heterocycles. The molecule has 0 saturated heterocycles. The van der Waals surface area contributed by atoms with Crippen LogP contribution in [-0.4, -0.2) is 51.0 Å². The fraction of sp³-hybridized carbons (Fsp3) is 0.833. The van der Waals surface area contributed by atoms with Gasteiger partial charge in [0.05, 0.1) is 11.8 Å². The largest absolute Gasteiger partial charge is 0.355 e. The zero-order valence-corrected chi connectivity index (χ0v) is 13.4. The summed E-state index contributed by atoms with van der Waals surface area (Å²) >= 11 is 1.38. The van der Waals surface area contributed by atoms with Gasteiger partial charge in [0.15, 0.2) is 0 Å². The number of tetrazole rings is 1. The summed E-state index contributed by atoms with van der Waals surface area (Å²) in [4.78, 5) is 11.9. The minimum Gasteiger partial charge on any atom is -0.355 e. The monoisotopic (exact) mass is 300 g/mol. The van der Waals surface area contributed by atoms with E-state index in [0.29, 0.717) is 24.2 Å². The predicted molar refractivity (Wildman–Crippen MR) is 79.5 cm³/mol. The zero-order chi connectivity index (χ0) is 15.0. The summed E-state index contributed by atoms with van der Waals surface area (Å²) in [5, 5.41) is 18.2. The molecule has 8 heteroatoms. The maximum absolute atomic E-state index is 11.9.